The first-order chi connectivity index (χ1) is 16.8. The molecule has 1 aromatic carbocycles. The Morgan fingerprint density at radius 2 is 1.83 bits per heavy atom. The minimum absolute atomic E-state index is 0.205. The number of amides is 2. The van der Waals surface area contributed by atoms with E-state index < -0.39 is 0 Å². The van der Waals surface area contributed by atoms with E-state index in [1.54, 1.807) is 6.33 Å². The standard InChI is InChI=1S/C24H36N4O.C3H8N2O/c1-4-5-6-21(3)24(17-28-19-25-18-26-28)13-15-27(16-14-24)23(29)12-11-22-9-7-20(2)8-10-22;4-2-1-3(5)6/h7-10,18-19,21H,4-6,11-17H2,1-3H3;1-2,4H2,(H2,5,6). The summed E-state index contributed by atoms with van der Waals surface area (Å²) < 4.78 is 1.98. The van der Waals surface area contributed by atoms with E-state index in [2.05, 4.69) is 65.8 Å². The highest BCUT2D eigenvalue weighted by atomic mass is 16.2. The van der Waals surface area contributed by atoms with Crippen LogP contribution in [-0.2, 0) is 22.6 Å². The lowest BCUT2D eigenvalue weighted by Crippen LogP contribution is -2.47. The van der Waals surface area contributed by atoms with Crippen LogP contribution < -0.4 is 11.5 Å². The molecule has 2 aromatic rings. The van der Waals surface area contributed by atoms with Gasteiger partial charge in [-0.3, -0.25) is 14.3 Å². The van der Waals surface area contributed by atoms with Crippen LogP contribution in [0, 0.1) is 18.3 Å². The predicted octanol–water partition coefficient (Wildman–Crippen LogP) is 3.47. The minimum Gasteiger partial charge on any atom is -0.370 e. The smallest absolute Gasteiger partial charge is 0.222 e. The lowest BCUT2D eigenvalue weighted by molar-refractivity contribution is -0.134. The van der Waals surface area contributed by atoms with Crippen molar-refractivity contribution in [1.29, 1.82) is 0 Å². The Kier molecular flexibility index (Phi) is 11.9. The molecule has 1 fully saturated rings. The molecule has 1 saturated heterocycles. The number of hydrogen-bond donors (Lipinski definition) is 2. The van der Waals surface area contributed by atoms with Gasteiger partial charge in [0.15, 0.2) is 0 Å². The molecular weight excluding hydrogens is 440 g/mol. The minimum atomic E-state index is -0.336. The van der Waals surface area contributed by atoms with Crippen LogP contribution in [0.4, 0.5) is 0 Å². The zero-order valence-corrected chi connectivity index (χ0v) is 21.8. The molecule has 4 N–H and O–H groups in total. The third-order valence-corrected chi connectivity index (χ3v) is 7.23. The number of piperidine rings is 1. The van der Waals surface area contributed by atoms with Gasteiger partial charge in [0.25, 0.3) is 0 Å². The van der Waals surface area contributed by atoms with Crippen LogP contribution >= 0.6 is 0 Å². The second kappa shape index (κ2) is 14.6. The maximum absolute atomic E-state index is 12.8. The van der Waals surface area contributed by atoms with Gasteiger partial charge in [-0.1, -0.05) is 62.9 Å². The van der Waals surface area contributed by atoms with Gasteiger partial charge in [-0.25, -0.2) is 4.98 Å². The lowest BCUT2D eigenvalue weighted by Gasteiger charge is -2.45. The van der Waals surface area contributed by atoms with Crippen LogP contribution in [-0.4, -0.2) is 51.1 Å². The van der Waals surface area contributed by atoms with Gasteiger partial charge < -0.3 is 16.4 Å². The summed E-state index contributed by atoms with van der Waals surface area (Å²) in [4.78, 5) is 28.8. The number of nitrogens with zero attached hydrogens (tertiary/aromatic N) is 4. The molecule has 2 heterocycles. The summed E-state index contributed by atoms with van der Waals surface area (Å²) in [5, 5.41) is 4.37. The topological polar surface area (TPSA) is 120 Å². The third kappa shape index (κ3) is 9.43. The predicted molar refractivity (Wildman–Crippen MR) is 139 cm³/mol. The molecule has 35 heavy (non-hydrogen) atoms. The number of benzene rings is 1. The van der Waals surface area contributed by atoms with Gasteiger partial charge in [0.05, 0.1) is 0 Å². The number of primary amides is 1. The number of aryl methyl sites for hydroxylation is 2. The van der Waals surface area contributed by atoms with Crippen LogP contribution in [0.3, 0.4) is 0 Å². The summed E-state index contributed by atoms with van der Waals surface area (Å²) in [5.41, 5.74) is 12.3. The second-order valence-corrected chi connectivity index (χ2v) is 9.87. The number of carbonyl (C=O) groups is 2. The number of rotatable bonds is 11. The van der Waals surface area contributed by atoms with Crippen molar-refractivity contribution in [1.82, 2.24) is 19.7 Å². The Morgan fingerprint density at radius 3 is 2.34 bits per heavy atom. The van der Waals surface area contributed by atoms with Gasteiger partial charge in [-0.05, 0) is 43.1 Å². The third-order valence-electron chi connectivity index (χ3n) is 7.23. The van der Waals surface area contributed by atoms with E-state index in [4.69, 9.17) is 5.73 Å². The quantitative estimate of drug-likeness (QED) is 0.506. The van der Waals surface area contributed by atoms with Crippen molar-refractivity contribution in [2.45, 2.75) is 78.7 Å². The summed E-state index contributed by atoms with van der Waals surface area (Å²) >= 11 is 0. The molecule has 2 amide bonds. The zero-order valence-electron chi connectivity index (χ0n) is 21.8. The van der Waals surface area contributed by atoms with Crippen molar-refractivity contribution < 1.29 is 9.59 Å². The SMILES string of the molecule is CCCCC(C)C1(Cn2cncn2)CCN(C(=O)CCc2ccc(C)cc2)CC1.NCCC(N)=O. The van der Waals surface area contributed by atoms with Crippen LogP contribution in [0.15, 0.2) is 36.9 Å². The largest absolute Gasteiger partial charge is 0.370 e. The molecule has 0 bridgehead atoms. The average Bonchev–Trinajstić information content (AvgIpc) is 3.35. The molecule has 1 aliphatic rings. The van der Waals surface area contributed by atoms with Crippen LogP contribution in [0.25, 0.3) is 0 Å². The van der Waals surface area contributed by atoms with Crippen molar-refractivity contribution in [2.75, 3.05) is 19.6 Å². The van der Waals surface area contributed by atoms with Gasteiger partial charge >= 0.3 is 0 Å². The monoisotopic (exact) mass is 484 g/mol. The Hall–Kier alpha value is -2.74. The number of aromatic nitrogens is 3. The van der Waals surface area contributed by atoms with Crippen molar-refractivity contribution in [3.8, 4) is 0 Å². The highest BCUT2D eigenvalue weighted by Gasteiger charge is 2.40. The van der Waals surface area contributed by atoms with Gasteiger partial charge in [0.2, 0.25) is 11.8 Å². The first-order valence-corrected chi connectivity index (χ1v) is 12.9. The number of nitrogens with two attached hydrogens (primary N) is 2. The maximum Gasteiger partial charge on any atom is 0.222 e. The van der Waals surface area contributed by atoms with E-state index in [0.717, 1.165) is 38.9 Å². The van der Waals surface area contributed by atoms with Gasteiger partial charge in [0.1, 0.15) is 12.7 Å². The molecule has 1 atom stereocenters. The Morgan fingerprint density at radius 1 is 1.14 bits per heavy atom. The molecule has 8 nitrogen and oxygen atoms in total. The first kappa shape index (κ1) is 28.5. The van der Waals surface area contributed by atoms with Crippen molar-refractivity contribution in [2.24, 2.45) is 22.8 Å². The molecule has 1 aromatic heterocycles. The van der Waals surface area contributed by atoms with Gasteiger partial charge in [-0.2, -0.15) is 5.10 Å². The molecule has 0 aliphatic carbocycles. The van der Waals surface area contributed by atoms with E-state index in [1.165, 1.54) is 30.4 Å². The summed E-state index contributed by atoms with van der Waals surface area (Å²) in [5.74, 6) is 0.579. The van der Waals surface area contributed by atoms with E-state index in [0.29, 0.717) is 31.2 Å². The Labute approximate surface area is 210 Å². The van der Waals surface area contributed by atoms with Crippen molar-refractivity contribution in [3.63, 3.8) is 0 Å². The fraction of sp³-hybridized carbons (Fsp3) is 0.630. The number of hydrogen-bond acceptors (Lipinski definition) is 5. The molecule has 1 unspecified atom stereocenters. The summed E-state index contributed by atoms with van der Waals surface area (Å²) in [6.07, 6.45) is 11.0. The van der Waals surface area contributed by atoms with E-state index in [-0.39, 0.29) is 11.3 Å². The number of likely N-dealkylation sites (tertiary alicyclic amines) is 1. The maximum atomic E-state index is 12.8. The lowest BCUT2D eigenvalue weighted by atomic mass is 9.67. The van der Waals surface area contributed by atoms with Crippen LogP contribution in [0.5, 0.6) is 0 Å². The van der Waals surface area contributed by atoms with E-state index in [1.807, 2.05) is 11.0 Å². The van der Waals surface area contributed by atoms with Crippen molar-refractivity contribution >= 4 is 11.8 Å². The fourth-order valence-electron chi connectivity index (χ4n) is 4.77. The molecule has 194 valence electrons. The van der Waals surface area contributed by atoms with Crippen LogP contribution in [0.1, 0.15) is 69.9 Å². The number of carbonyl (C=O) groups excluding carboxylic acids is 2. The Balaban J connectivity index is 0.000000641. The fourth-order valence-corrected chi connectivity index (χ4v) is 4.77. The average molecular weight is 485 g/mol. The van der Waals surface area contributed by atoms with E-state index in [9.17, 15) is 9.59 Å². The molecule has 0 saturated carbocycles. The van der Waals surface area contributed by atoms with Gasteiger partial charge in [0, 0.05) is 39.0 Å². The van der Waals surface area contributed by atoms with Crippen molar-refractivity contribution in [3.05, 3.63) is 48.0 Å². The summed E-state index contributed by atoms with van der Waals surface area (Å²) in [7, 11) is 0. The molecule has 0 spiro atoms. The van der Waals surface area contributed by atoms with Gasteiger partial charge in [-0.15, -0.1) is 0 Å². The molecular formula is C27H44N6O2. The highest BCUT2D eigenvalue weighted by molar-refractivity contribution is 5.76. The zero-order chi connectivity index (χ0) is 25.7. The van der Waals surface area contributed by atoms with Crippen LogP contribution in [0.2, 0.25) is 0 Å². The molecule has 3 rings (SSSR count). The summed E-state index contributed by atoms with van der Waals surface area (Å²) in [6.45, 7) is 9.72. The molecule has 8 heteroatoms. The normalized spacial score (nSPS) is 15.7. The second-order valence-electron chi connectivity index (χ2n) is 9.87. The highest BCUT2D eigenvalue weighted by Crippen LogP contribution is 2.42. The van der Waals surface area contributed by atoms with E-state index >= 15 is 0 Å². The summed E-state index contributed by atoms with van der Waals surface area (Å²) in [6, 6.07) is 8.52. The first-order valence-electron chi connectivity index (χ1n) is 12.9. The Bertz CT molecular complexity index is 874. The number of unbranched alkanes of at least 4 members (excludes halogenated alkanes) is 1. The molecule has 0 radical (unpaired) electrons. The molecule has 1 aliphatic heterocycles.